The van der Waals surface area contributed by atoms with Gasteiger partial charge in [-0.1, -0.05) is 28.1 Å². The number of carbonyl (C=O) groups excluding carboxylic acids is 1. The minimum absolute atomic E-state index is 0.0498. The summed E-state index contributed by atoms with van der Waals surface area (Å²) in [4.78, 5) is 21.6. The van der Waals surface area contributed by atoms with Gasteiger partial charge in [0.25, 0.3) is 0 Å². The Morgan fingerprint density at radius 3 is 2.84 bits per heavy atom. The van der Waals surface area contributed by atoms with E-state index in [9.17, 15) is 9.59 Å². The maximum Gasteiger partial charge on any atom is 0.318 e. The van der Waals surface area contributed by atoms with Gasteiger partial charge < -0.3 is 15.7 Å². The minimum atomic E-state index is -0.864. The summed E-state index contributed by atoms with van der Waals surface area (Å²) in [5.74, 6) is -0.864. The Morgan fingerprint density at radius 2 is 2.16 bits per heavy atom. The van der Waals surface area contributed by atoms with Gasteiger partial charge in [-0.15, -0.1) is 0 Å². The Morgan fingerprint density at radius 1 is 1.37 bits per heavy atom. The van der Waals surface area contributed by atoms with Gasteiger partial charge in [0.2, 0.25) is 0 Å². The van der Waals surface area contributed by atoms with E-state index in [2.05, 4.69) is 26.6 Å². The minimum Gasteiger partial charge on any atom is -0.481 e. The monoisotopic (exact) mass is 326 g/mol. The normalized spacial score (nSPS) is 10.4. The number of halogens is 1. The standard InChI is InChI=1S/C13H15BrN2O3/c14-11-4-1-3-10(9-11)6-8-16-13(19)15-7-2-5-12(17)18/h1,3-4,6,8-9H,2,5,7H2,(H,17,18)(H2,15,16,19)/b8-6+. The number of carboxylic acid groups (broad SMARTS) is 1. The number of carboxylic acids is 1. The smallest absolute Gasteiger partial charge is 0.318 e. The molecule has 19 heavy (non-hydrogen) atoms. The molecule has 1 aromatic carbocycles. The predicted molar refractivity (Wildman–Crippen MR) is 76.6 cm³/mol. The van der Waals surface area contributed by atoms with Crippen molar-refractivity contribution in [2.75, 3.05) is 6.54 Å². The summed E-state index contributed by atoms with van der Waals surface area (Å²) in [6.45, 7) is 0.336. The first kappa shape index (κ1) is 15.2. The van der Waals surface area contributed by atoms with Crippen LogP contribution in [-0.2, 0) is 4.79 Å². The topological polar surface area (TPSA) is 78.4 Å². The molecule has 0 aromatic heterocycles. The summed E-state index contributed by atoms with van der Waals surface area (Å²) >= 11 is 3.36. The van der Waals surface area contributed by atoms with Crippen LogP contribution in [0, 0.1) is 0 Å². The molecule has 1 aromatic rings. The van der Waals surface area contributed by atoms with Crippen LogP contribution >= 0.6 is 15.9 Å². The van der Waals surface area contributed by atoms with Crippen molar-refractivity contribution in [3.05, 3.63) is 40.5 Å². The highest BCUT2D eigenvalue weighted by molar-refractivity contribution is 9.10. The van der Waals surface area contributed by atoms with Crippen molar-refractivity contribution >= 4 is 34.0 Å². The predicted octanol–water partition coefficient (Wildman–Crippen LogP) is 2.58. The Bertz CT molecular complexity index is 475. The van der Waals surface area contributed by atoms with Crippen LogP contribution in [0.2, 0.25) is 0 Å². The molecule has 0 fully saturated rings. The second-order valence-corrected chi connectivity index (χ2v) is 4.70. The quantitative estimate of drug-likeness (QED) is 0.703. The lowest BCUT2D eigenvalue weighted by Crippen LogP contribution is -2.32. The van der Waals surface area contributed by atoms with Crippen molar-refractivity contribution in [1.82, 2.24) is 10.6 Å². The molecule has 0 spiro atoms. The van der Waals surface area contributed by atoms with E-state index in [1.807, 2.05) is 24.3 Å². The molecule has 0 aliphatic heterocycles. The number of carbonyl (C=O) groups is 2. The second kappa shape index (κ2) is 8.31. The Labute approximate surface area is 119 Å². The Kier molecular flexibility index (Phi) is 6.67. The molecule has 1 rings (SSSR count). The van der Waals surface area contributed by atoms with E-state index >= 15 is 0 Å². The lowest BCUT2D eigenvalue weighted by atomic mass is 10.2. The van der Waals surface area contributed by atoms with Gasteiger partial charge in [-0.05, 0) is 30.2 Å². The molecule has 0 atom stereocenters. The van der Waals surface area contributed by atoms with E-state index in [0.717, 1.165) is 10.0 Å². The highest BCUT2D eigenvalue weighted by Gasteiger charge is 1.99. The molecule has 0 saturated heterocycles. The van der Waals surface area contributed by atoms with Crippen molar-refractivity contribution < 1.29 is 14.7 Å². The molecule has 0 saturated carbocycles. The van der Waals surface area contributed by atoms with Crippen molar-refractivity contribution in [2.24, 2.45) is 0 Å². The average molecular weight is 327 g/mol. The van der Waals surface area contributed by atoms with Gasteiger partial charge in [0.05, 0.1) is 0 Å². The number of aliphatic carboxylic acids is 1. The molecule has 3 N–H and O–H groups in total. The Hall–Kier alpha value is -1.82. The van der Waals surface area contributed by atoms with E-state index in [1.165, 1.54) is 6.20 Å². The van der Waals surface area contributed by atoms with Gasteiger partial charge in [0.15, 0.2) is 0 Å². The number of hydrogen-bond donors (Lipinski definition) is 3. The van der Waals surface area contributed by atoms with Crippen LogP contribution in [0.15, 0.2) is 34.9 Å². The summed E-state index contributed by atoms with van der Waals surface area (Å²) in [6, 6.07) is 7.29. The van der Waals surface area contributed by atoms with E-state index in [1.54, 1.807) is 6.08 Å². The van der Waals surface area contributed by atoms with E-state index in [-0.39, 0.29) is 12.5 Å². The molecule has 0 bridgehead atoms. The fourth-order valence-corrected chi connectivity index (χ4v) is 1.73. The zero-order chi connectivity index (χ0) is 14.1. The van der Waals surface area contributed by atoms with Crippen LogP contribution in [0.4, 0.5) is 4.79 Å². The first-order valence-electron chi connectivity index (χ1n) is 5.76. The van der Waals surface area contributed by atoms with Gasteiger partial charge in [-0.25, -0.2) is 4.79 Å². The second-order valence-electron chi connectivity index (χ2n) is 3.79. The summed E-state index contributed by atoms with van der Waals surface area (Å²) in [7, 11) is 0. The summed E-state index contributed by atoms with van der Waals surface area (Å²) < 4.78 is 0.966. The van der Waals surface area contributed by atoms with Crippen LogP contribution in [0.3, 0.4) is 0 Å². The van der Waals surface area contributed by atoms with Gasteiger partial charge in [0, 0.05) is 23.6 Å². The molecule has 0 unspecified atom stereocenters. The maximum atomic E-state index is 11.3. The molecule has 0 radical (unpaired) electrons. The highest BCUT2D eigenvalue weighted by Crippen LogP contribution is 2.12. The summed E-state index contributed by atoms with van der Waals surface area (Å²) in [5.41, 5.74) is 0.959. The lowest BCUT2D eigenvalue weighted by molar-refractivity contribution is -0.137. The van der Waals surface area contributed by atoms with Crippen LogP contribution < -0.4 is 10.6 Å². The third kappa shape index (κ3) is 7.25. The molecule has 2 amide bonds. The number of urea groups is 1. The molecule has 0 aliphatic carbocycles. The molecule has 102 valence electrons. The zero-order valence-electron chi connectivity index (χ0n) is 10.2. The van der Waals surface area contributed by atoms with Crippen LogP contribution in [-0.4, -0.2) is 23.7 Å². The van der Waals surface area contributed by atoms with Crippen molar-refractivity contribution in [1.29, 1.82) is 0 Å². The maximum absolute atomic E-state index is 11.3. The third-order valence-corrected chi connectivity index (χ3v) is 2.69. The van der Waals surface area contributed by atoms with Gasteiger partial charge >= 0.3 is 12.0 Å². The summed E-state index contributed by atoms with van der Waals surface area (Å²) in [5, 5.41) is 13.5. The molecule has 5 nitrogen and oxygen atoms in total. The Balaban J connectivity index is 2.24. The number of nitrogens with one attached hydrogen (secondary N) is 2. The van der Waals surface area contributed by atoms with Gasteiger partial charge in [0.1, 0.15) is 0 Å². The van der Waals surface area contributed by atoms with Gasteiger partial charge in [-0.2, -0.15) is 0 Å². The molecular weight excluding hydrogens is 312 g/mol. The highest BCUT2D eigenvalue weighted by atomic mass is 79.9. The third-order valence-electron chi connectivity index (χ3n) is 2.19. The van der Waals surface area contributed by atoms with Crippen LogP contribution in [0.5, 0.6) is 0 Å². The molecular formula is C13H15BrN2O3. The lowest BCUT2D eigenvalue weighted by Gasteiger charge is -2.03. The van der Waals surface area contributed by atoms with Gasteiger partial charge in [-0.3, -0.25) is 4.79 Å². The van der Waals surface area contributed by atoms with Crippen molar-refractivity contribution in [3.63, 3.8) is 0 Å². The van der Waals surface area contributed by atoms with Crippen LogP contribution in [0.1, 0.15) is 18.4 Å². The largest absolute Gasteiger partial charge is 0.481 e. The van der Waals surface area contributed by atoms with E-state index < -0.39 is 5.97 Å². The number of benzene rings is 1. The van der Waals surface area contributed by atoms with Crippen molar-refractivity contribution in [2.45, 2.75) is 12.8 Å². The SMILES string of the molecule is O=C(O)CCCNC(=O)N/C=C/c1cccc(Br)c1. The summed E-state index contributed by atoms with van der Waals surface area (Å²) in [6.07, 6.45) is 3.77. The van der Waals surface area contributed by atoms with Crippen molar-refractivity contribution in [3.8, 4) is 0 Å². The van der Waals surface area contributed by atoms with Crippen LogP contribution in [0.25, 0.3) is 6.08 Å². The fraction of sp³-hybridized carbons (Fsp3) is 0.231. The van der Waals surface area contributed by atoms with E-state index in [4.69, 9.17) is 5.11 Å². The molecule has 0 heterocycles. The van der Waals surface area contributed by atoms with E-state index in [0.29, 0.717) is 13.0 Å². The fourth-order valence-electron chi connectivity index (χ4n) is 1.32. The number of amides is 2. The first-order chi connectivity index (χ1) is 9.08. The molecule has 0 aliphatic rings. The average Bonchev–Trinajstić information content (AvgIpc) is 2.34. The molecule has 6 heteroatoms. The number of hydrogen-bond acceptors (Lipinski definition) is 2. The first-order valence-corrected chi connectivity index (χ1v) is 6.55. The zero-order valence-corrected chi connectivity index (χ0v) is 11.8. The number of rotatable bonds is 6.